The van der Waals surface area contributed by atoms with Gasteiger partial charge in [0.25, 0.3) is 5.91 Å². The molecule has 0 bridgehead atoms. The van der Waals surface area contributed by atoms with Gasteiger partial charge in [0.1, 0.15) is 12.1 Å². The molecule has 166 valence electrons. The Kier molecular flexibility index (Phi) is 5.81. The second-order valence-electron chi connectivity index (χ2n) is 8.23. The van der Waals surface area contributed by atoms with Gasteiger partial charge in [-0.2, -0.15) is 0 Å². The van der Waals surface area contributed by atoms with Gasteiger partial charge >= 0.3 is 0 Å². The van der Waals surface area contributed by atoms with Crippen LogP contribution in [-0.2, 0) is 6.54 Å². The van der Waals surface area contributed by atoms with E-state index in [2.05, 4.69) is 24.8 Å². The van der Waals surface area contributed by atoms with Crippen LogP contribution in [0.4, 0.5) is 10.3 Å². The summed E-state index contributed by atoms with van der Waals surface area (Å²) in [4.78, 5) is 32.2. The van der Waals surface area contributed by atoms with Gasteiger partial charge in [0.15, 0.2) is 5.69 Å². The Morgan fingerprint density at radius 1 is 1.06 bits per heavy atom. The molecule has 3 aromatic rings. The van der Waals surface area contributed by atoms with E-state index in [0.29, 0.717) is 31.2 Å². The number of carbonyl (C=O) groups excluding carboxylic acids is 1. The van der Waals surface area contributed by atoms with Crippen LogP contribution in [0, 0.1) is 5.82 Å². The monoisotopic (exact) mass is 436 g/mol. The predicted octanol–water partition coefficient (Wildman–Crippen LogP) is 2.56. The van der Waals surface area contributed by atoms with Gasteiger partial charge < -0.3 is 14.2 Å². The van der Waals surface area contributed by atoms with Crippen LogP contribution in [0.2, 0.25) is 0 Å². The molecule has 8 nitrogen and oxygen atoms in total. The lowest BCUT2D eigenvalue weighted by atomic mass is 9.99. The van der Waals surface area contributed by atoms with Crippen molar-refractivity contribution in [1.29, 1.82) is 0 Å². The normalized spacial score (nSPS) is 19.5. The summed E-state index contributed by atoms with van der Waals surface area (Å²) in [5.74, 6) is 1.16. The predicted molar refractivity (Wildman–Crippen MR) is 116 cm³/mol. The highest BCUT2D eigenvalue weighted by Gasteiger charge is 2.30. The third-order valence-electron chi connectivity index (χ3n) is 6.15. The minimum Gasteiger partial charge on any atom is -0.447 e. The third kappa shape index (κ3) is 4.47. The molecule has 0 saturated carbocycles. The molecule has 1 atom stereocenters. The number of likely N-dealkylation sites (tertiary alicyclic amines) is 1. The van der Waals surface area contributed by atoms with E-state index in [9.17, 15) is 9.18 Å². The van der Waals surface area contributed by atoms with Crippen LogP contribution in [0.15, 0.2) is 53.4 Å². The zero-order valence-electron chi connectivity index (χ0n) is 17.7. The van der Waals surface area contributed by atoms with E-state index in [1.54, 1.807) is 29.4 Å². The average molecular weight is 436 g/mol. The van der Waals surface area contributed by atoms with E-state index < -0.39 is 0 Å². The molecule has 0 radical (unpaired) electrons. The van der Waals surface area contributed by atoms with Crippen molar-refractivity contribution in [2.24, 2.45) is 0 Å². The van der Waals surface area contributed by atoms with Crippen molar-refractivity contribution >= 4 is 11.9 Å². The molecule has 4 heterocycles. The lowest BCUT2D eigenvalue weighted by Crippen LogP contribution is -2.46. The second kappa shape index (κ2) is 9.04. The molecule has 9 heteroatoms. The number of hydrogen-bond acceptors (Lipinski definition) is 7. The largest absolute Gasteiger partial charge is 0.447 e. The van der Waals surface area contributed by atoms with Crippen LogP contribution in [0.1, 0.15) is 34.3 Å². The van der Waals surface area contributed by atoms with Crippen LogP contribution >= 0.6 is 0 Å². The zero-order valence-corrected chi connectivity index (χ0v) is 17.7. The lowest BCUT2D eigenvalue weighted by Gasteiger charge is -2.33. The minimum absolute atomic E-state index is 0.115. The maximum absolute atomic E-state index is 13.2. The van der Waals surface area contributed by atoms with Crippen LogP contribution in [0.5, 0.6) is 0 Å². The molecule has 1 aromatic carbocycles. The SMILES string of the molecule is O=C(c1coc(CN2CCN(c3ncccn3)CC2)n1)N1CC[C@@H](c2ccc(F)cc2)C1. The Labute approximate surface area is 185 Å². The molecule has 2 aliphatic rings. The van der Waals surface area contributed by atoms with E-state index in [0.717, 1.165) is 44.1 Å². The van der Waals surface area contributed by atoms with Crippen LogP contribution in [0.3, 0.4) is 0 Å². The number of anilines is 1. The number of aromatic nitrogens is 3. The van der Waals surface area contributed by atoms with Crippen molar-refractivity contribution in [3.05, 3.63) is 72.0 Å². The van der Waals surface area contributed by atoms with E-state index in [1.807, 2.05) is 6.07 Å². The highest BCUT2D eigenvalue weighted by molar-refractivity contribution is 5.92. The van der Waals surface area contributed by atoms with Gasteiger partial charge in [-0.15, -0.1) is 0 Å². The molecule has 2 aromatic heterocycles. The van der Waals surface area contributed by atoms with E-state index in [1.165, 1.54) is 18.4 Å². The van der Waals surface area contributed by atoms with Crippen LogP contribution in [0.25, 0.3) is 0 Å². The molecule has 0 spiro atoms. The summed E-state index contributed by atoms with van der Waals surface area (Å²) in [6.45, 7) is 5.17. The van der Waals surface area contributed by atoms with Crippen molar-refractivity contribution in [2.45, 2.75) is 18.9 Å². The number of carbonyl (C=O) groups is 1. The standard InChI is InChI=1S/C23H25FN6O2/c24-19-4-2-17(3-5-19)18-6-9-30(14-18)22(31)20-16-32-21(27-20)15-28-10-12-29(13-11-28)23-25-7-1-8-26-23/h1-5,7-8,16,18H,6,9-15H2/t18-/m1/s1. The highest BCUT2D eigenvalue weighted by atomic mass is 19.1. The molecule has 1 amide bonds. The van der Waals surface area contributed by atoms with Gasteiger partial charge in [-0.3, -0.25) is 9.69 Å². The first-order chi connectivity index (χ1) is 15.7. The molecule has 0 N–H and O–H groups in total. The first kappa shape index (κ1) is 20.6. The highest BCUT2D eigenvalue weighted by Crippen LogP contribution is 2.28. The Hall–Kier alpha value is -3.33. The number of nitrogens with zero attached hydrogens (tertiary/aromatic N) is 6. The number of oxazole rings is 1. The summed E-state index contributed by atoms with van der Waals surface area (Å²) < 4.78 is 18.8. The van der Waals surface area contributed by atoms with Gasteiger partial charge in [-0.25, -0.2) is 19.3 Å². The molecular formula is C23H25FN6O2. The maximum atomic E-state index is 13.2. The fourth-order valence-corrected chi connectivity index (χ4v) is 4.35. The quantitative estimate of drug-likeness (QED) is 0.608. The molecule has 2 fully saturated rings. The van der Waals surface area contributed by atoms with Crippen LogP contribution in [-0.4, -0.2) is 69.9 Å². The van der Waals surface area contributed by atoms with Crippen molar-refractivity contribution in [3.8, 4) is 0 Å². The maximum Gasteiger partial charge on any atom is 0.275 e. The fourth-order valence-electron chi connectivity index (χ4n) is 4.35. The average Bonchev–Trinajstić information content (AvgIpc) is 3.51. The smallest absolute Gasteiger partial charge is 0.275 e. The zero-order chi connectivity index (χ0) is 21.9. The Morgan fingerprint density at radius 3 is 2.56 bits per heavy atom. The van der Waals surface area contributed by atoms with Gasteiger partial charge in [0.2, 0.25) is 11.8 Å². The summed E-state index contributed by atoms with van der Waals surface area (Å²) in [5, 5.41) is 0. The number of rotatable bonds is 5. The molecule has 5 rings (SSSR count). The number of piperazine rings is 1. The first-order valence-corrected chi connectivity index (χ1v) is 10.9. The topological polar surface area (TPSA) is 78.6 Å². The third-order valence-corrected chi connectivity index (χ3v) is 6.15. The van der Waals surface area contributed by atoms with Crippen molar-refractivity contribution in [1.82, 2.24) is 24.8 Å². The van der Waals surface area contributed by atoms with Gasteiger partial charge in [-0.1, -0.05) is 12.1 Å². The Balaban J connectivity index is 1.14. The number of amides is 1. The van der Waals surface area contributed by atoms with Gasteiger partial charge in [0.05, 0.1) is 6.54 Å². The van der Waals surface area contributed by atoms with E-state index in [4.69, 9.17) is 4.42 Å². The Morgan fingerprint density at radius 2 is 1.81 bits per heavy atom. The number of hydrogen-bond donors (Lipinski definition) is 0. The second-order valence-corrected chi connectivity index (χ2v) is 8.23. The fraction of sp³-hybridized carbons (Fsp3) is 0.391. The summed E-state index contributed by atoms with van der Waals surface area (Å²) in [5.41, 5.74) is 1.40. The molecule has 0 unspecified atom stereocenters. The van der Waals surface area contributed by atoms with E-state index in [-0.39, 0.29) is 17.6 Å². The summed E-state index contributed by atoms with van der Waals surface area (Å²) in [6, 6.07) is 8.34. The van der Waals surface area contributed by atoms with Gasteiger partial charge in [-0.05, 0) is 30.2 Å². The lowest BCUT2D eigenvalue weighted by molar-refractivity contribution is 0.0785. The molecule has 0 aliphatic carbocycles. The molecule has 32 heavy (non-hydrogen) atoms. The van der Waals surface area contributed by atoms with E-state index >= 15 is 0 Å². The van der Waals surface area contributed by atoms with Crippen molar-refractivity contribution in [3.63, 3.8) is 0 Å². The molecule has 2 saturated heterocycles. The molecular weight excluding hydrogens is 411 g/mol. The number of benzene rings is 1. The summed E-state index contributed by atoms with van der Waals surface area (Å²) in [6.07, 6.45) is 5.82. The van der Waals surface area contributed by atoms with Crippen molar-refractivity contribution < 1.29 is 13.6 Å². The van der Waals surface area contributed by atoms with Gasteiger partial charge in [0, 0.05) is 57.6 Å². The Bertz CT molecular complexity index is 1050. The summed E-state index contributed by atoms with van der Waals surface area (Å²) in [7, 11) is 0. The van der Waals surface area contributed by atoms with Crippen LogP contribution < -0.4 is 4.90 Å². The minimum atomic E-state index is -0.246. The first-order valence-electron chi connectivity index (χ1n) is 10.9. The molecule has 2 aliphatic heterocycles. The summed E-state index contributed by atoms with van der Waals surface area (Å²) >= 11 is 0. The van der Waals surface area contributed by atoms with Crippen molar-refractivity contribution in [2.75, 3.05) is 44.2 Å². The number of halogens is 1.